The number of halogens is 3. The molecule has 0 spiro atoms. The lowest BCUT2D eigenvalue weighted by Gasteiger charge is -2.17. The summed E-state index contributed by atoms with van der Waals surface area (Å²) in [6, 6.07) is 3.47. The van der Waals surface area contributed by atoms with Gasteiger partial charge in [0, 0.05) is 11.4 Å². The Morgan fingerprint density at radius 3 is 2.44 bits per heavy atom. The van der Waals surface area contributed by atoms with Gasteiger partial charge in [-0.2, -0.15) is 0 Å². The Hall–Kier alpha value is -0.350. The van der Waals surface area contributed by atoms with Crippen molar-refractivity contribution in [1.29, 1.82) is 0 Å². The highest BCUT2D eigenvalue weighted by Gasteiger charge is 2.18. The zero-order valence-corrected chi connectivity index (χ0v) is 11.3. The Bertz CT molecular complexity index is 404. The van der Waals surface area contributed by atoms with Gasteiger partial charge in [-0.05, 0) is 30.0 Å². The fraction of sp³-hybridized carbons (Fsp3) is 0.385. The molecule has 0 aromatic heterocycles. The minimum Gasteiger partial charge on any atom is -0.120 e. The molecule has 0 bridgehead atoms. The molecule has 1 atom stereocenters. The number of hydrogen-bond acceptors (Lipinski definition) is 0. The van der Waals surface area contributed by atoms with Crippen LogP contribution in [0.3, 0.4) is 0 Å². The molecule has 0 nitrogen and oxygen atoms in total. The molecule has 0 saturated heterocycles. The molecule has 1 rings (SSSR count). The quantitative estimate of drug-likeness (QED) is 0.499. The second-order valence-corrected chi connectivity index (χ2v) is 4.84. The monoisotopic (exact) mass is 274 g/mol. The van der Waals surface area contributed by atoms with Crippen molar-refractivity contribution < 1.29 is 0 Å². The van der Waals surface area contributed by atoms with E-state index in [2.05, 4.69) is 12.8 Å². The Kier molecular flexibility index (Phi) is 5.49. The summed E-state index contributed by atoms with van der Waals surface area (Å²) < 4.78 is 0. The number of hydrogen-bond donors (Lipinski definition) is 0. The van der Waals surface area contributed by atoms with Gasteiger partial charge in [0.15, 0.2) is 0 Å². The lowest BCUT2D eigenvalue weighted by Crippen LogP contribution is -2.00. The van der Waals surface area contributed by atoms with Gasteiger partial charge >= 0.3 is 0 Å². The molecule has 0 saturated carbocycles. The third kappa shape index (κ3) is 3.08. The summed E-state index contributed by atoms with van der Waals surface area (Å²) in [4.78, 5) is 0. The smallest absolute Gasteiger partial charge is 0.0642 e. The topological polar surface area (TPSA) is 0 Å². The predicted octanol–water partition coefficient (Wildman–Crippen LogP) is 5.55. The summed E-state index contributed by atoms with van der Waals surface area (Å²) in [6.45, 7) is 2.11. The third-order valence-corrected chi connectivity index (χ3v) is 3.64. The lowest BCUT2D eigenvalue weighted by molar-refractivity contribution is 0.629. The summed E-state index contributed by atoms with van der Waals surface area (Å²) >= 11 is 18.3. The number of rotatable bonds is 4. The van der Waals surface area contributed by atoms with Crippen molar-refractivity contribution in [3.63, 3.8) is 0 Å². The second kappa shape index (κ2) is 6.40. The van der Waals surface area contributed by atoms with Gasteiger partial charge in [-0.25, -0.2) is 0 Å². The van der Waals surface area contributed by atoms with Gasteiger partial charge in [-0.3, -0.25) is 0 Å². The number of terminal acetylenes is 1. The molecule has 0 aliphatic carbocycles. The molecule has 86 valence electrons. The molecule has 0 amide bonds. The highest BCUT2D eigenvalue weighted by molar-refractivity contribution is 6.44. The van der Waals surface area contributed by atoms with Crippen molar-refractivity contribution in [3.8, 4) is 12.3 Å². The Balaban J connectivity index is 3.17. The molecule has 16 heavy (non-hydrogen) atoms. The average Bonchev–Trinajstić information content (AvgIpc) is 2.25. The van der Waals surface area contributed by atoms with Crippen molar-refractivity contribution in [2.45, 2.75) is 32.1 Å². The maximum atomic E-state index is 6.18. The molecule has 0 aliphatic heterocycles. The molecule has 0 N–H and O–H groups in total. The van der Waals surface area contributed by atoms with Crippen molar-refractivity contribution in [3.05, 3.63) is 32.8 Å². The van der Waals surface area contributed by atoms with Crippen LogP contribution in [-0.4, -0.2) is 0 Å². The standard InChI is InChI=1S/C13H13Cl3/c1-3-5-9(6-4-2)12-10(14)7-8-11(15)13(12)16/h1,7-9H,4-6H2,2H3. The van der Waals surface area contributed by atoms with Gasteiger partial charge in [0.2, 0.25) is 0 Å². The molecule has 1 unspecified atom stereocenters. The fourth-order valence-electron chi connectivity index (χ4n) is 1.76. The van der Waals surface area contributed by atoms with E-state index in [1.54, 1.807) is 12.1 Å². The molecule has 1 aromatic carbocycles. The van der Waals surface area contributed by atoms with E-state index in [1.165, 1.54) is 0 Å². The van der Waals surface area contributed by atoms with Crippen LogP contribution in [0.5, 0.6) is 0 Å². The SMILES string of the molecule is C#CCC(CCC)c1c(Cl)ccc(Cl)c1Cl. The average molecular weight is 276 g/mol. The molecular weight excluding hydrogens is 263 g/mol. The van der Waals surface area contributed by atoms with E-state index in [0.717, 1.165) is 18.4 Å². The second-order valence-electron chi connectivity index (χ2n) is 3.65. The number of benzene rings is 1. The highest BCUT2D eigenvalue weighted by Crippen LogP contribution is 2.39. The maximum absolute atomic E-state index is 6.18. The summed E-state index contributed by atoms with van der Waals surface area (Å²) in [5, 5.41) is 1.70. The van der Waals surface area contributed by atoms with Crippen LogP contribution in [0, 0.1) is 12.3 Å². The van der Waals surface area contributed by atoms with Crippen LogP contribution in [0.25, 0.3) is 0 Å². The first-order valence-electron chi connectivity index (χ1n) is 5.18. The summed E-state index contributed by atoms with van der Waals surface area (Å²) in [5.74, 6) is 2.85. The molecule has 0 fully saturated rings. The van der Waals surface area contributed by atoms with Gasteiger partial charge in [-0.15, -0.1) is 12.3 Å². The summed E-state index contributed by atoms with van der Waals surface area (Å²) in [6.07, 6.45) is 7.99. The van der Waals surface area contributed by atoms with Crippen LogP contribution >= 0.6 is 34.8 Å². The third-order valence-electron chi connectivity index (χ3n) is 2.49. The van der Waals surface area contributed by atoms with Gasteiger partial charge in [0.05, 0.1) is 10.0 Å². The molecular formula is C13H13Cl3. The Morgan fingerprint density at radius 2 is 1.88 bits per heavy atom. The molecule has 0 aliphatic rings. The minimum absolute atomic E-state index is 0.189. The first kappa shape index (κ1) is 13.7. The highest BCUT2D eigenvalue weighted by atomic mass is 35.5. The molecule has 0 radical (unpaired) electrons. The van der Waals surface area contributed by atoms with Crippen LogP contribution in [0.4, 0.5) is 0 Å². The first-order chi connectivity index (χ1) is 7.61. The van der Waals surface area contributed by atoms with Gasteiger partial charge in [0.25, 0.3) is 0 Å². The normalized spacial score (nSPS) is 12.2. The van der Waals surface area contributed by atoms with Crippen molar-refractivity contribution in [2.24, 2.45) is 0 Å². The van der Waals surface area contributed by atoms with Crippen molar-refractivity contribution in [1.82, 2.24) is 0 Å². The molecule has 0 heterocycles. The molecule has 1 aromatic rings. The zero-order valence-electron chi connectivity index (χ0n) is 9.06. The van der Waals surface area contributed by atoms with E-state index < -0.39 is 0 Å². The van der Waals surface area contributed by atoms with E-state index in [9.17, 15) is 0 Å². The Labute approximate surface area is 112 Å². The van der Waals surface area contributed by atoms with E-state index in [4.69, 9.17) is 41.2 Å². The summed E-state index contributed by atoms with van der Waals surface area (Å²) in [5.41, 5.74) is 0.885. The first-order valence-corrected chi connectivity index (χ1v) is 6.32. The van der Waals surface area contributed by atoms with Crippen LogP contribution in [0.2, 0.25) is 15.1 Å². The van der Waals surface area contributed by atoms with Gasteiger partial charge in [-0.1, -0.05) is 48.1 Å². The van der Waals surface area contributed by atoms with Crippen LogP contribution in [0.15, 0.2) is 12.1 Å². The van der Waals surface area contributed by atoms with E-state index in [-0.39, 0.29) is 5.92 Å². The van der Waals surface area contributed by atoms with Gasteiger partial charge in [0.1, 0.15) is 0 Å². The van der Waals surface area contributed by atoms with Crippen molar-refractivity contribution >= 4 is 34.8 Å². The van der Waals surface area contributed by atoms with Crippen LogP contribution < -0.4 is 0 Å². The lowest BCUT2D eigenvalue weighted by atomic mass is 9.91. The van der Waals surface area contributed by atoms with Crippen LogP contribution in [0.1, 0.15) is 37.7 Å². The van der Waals surface area contributed by atoms with Crippen LogP contribution in [-0.2, 0) is 0 Å². The van der Waals surface area contributed by atoms with E-state index >= 15 is 0 Å². The minimum atomic E-state index is 0.189. The van der Waals surface area contributed by atoms with E-state index in [1.807, 2.05) is 0 Å². The maximum Gasteiger partial charge on any atom is 0.0642 e. The van der Waals surface area contributed by atoms with E-state index in [0.29, 0.717) is 21.5 Å². The molecule has 3 heteroatoms. The summed E-state index contributed by atoms with van der Waals surface area (Å²) in [7, 11) is 0. The largest absolute Gasteiger partial charge is 0.120 e. The Morgan fingerprint density at radius 1 is 1.25 bits per heavy atom. The fourth-order valence-corrected chi connectivity index (χ4v) is 2.60. The van der Waals surface area contributed by atoms with Crippen molar-refractivity contribution in [2.75, 3.05) is 0 Å². The van der Waals surface area contributed by atoms with Gasteiger partial charge < -0.3 is 0 Å². The predicted molar refractivity (Wildman–Crippen MR) is 72.6 cm³/mol. The zero-order chi connectivity index (χ0) is 12.1.